The van der Waals surface area contributed by atoms with Gasteiger partial charge in [0.1, 0.15) is 0 Å². The standard InChI is InChI=1S/C24H16N2O5S/c27-23-19-11-10-17(14-20(19)24(28)31-23)25-21-12-15-6-4-5-7-16(15)13-22(21)26-32(29,30)18-8-2-1-3-9-18/h1-14,25-26H. The first-order chi connectivity index (χ1) is 15.4. The molecule has 0 saturated carbocycles. The number of carbonyl (C=O) groups is 2. The summed E-state index contributed by atoms with van der Waals surface area (Å²) in [6.07, 6.45) is 0. The third kappa shape index (κ3) is 3.57. The summed E-state index contributed by atoms with van der Waals surface area (Å²) >= 11 is 0. The van der Waals surface area contributed by atoms with Gasteiger partial charge in [-0.3, -0.25) is 4.72 Å². The zero-order valence-electron chi connectivity index (χ0n) is 16.5. The van der Waals surface area contributed by atoms with Crippen molar-refractivity contribution in [3.05, 3.63) is 96.1 Å². The Balaban J connectivity index is 1.57. The summed E-state index contributed by atoms with van der Waals surface area (Å²) in [6.45, 7) is 0. The average Bonchev–Trinajstić information content (AvgIpc) is 3.07. The second kappa shape index (κ2) is 7.51. The van der Waals surface area contributed by atoms with E-state index in [-0.39, 0.29) is 16.0 Å². The van der Waals surface area contributed by atoms with Gasteiger partial charge in [-0.15, -0.1) is 0 Å². The molecule has 0 spiro atoms. The second-order valence-electron chi connectivity index (χ2n) is 7.23. The number of rotatable bonds is 5. The first-order valence-corrected chi connectivity index (χ1v) is 11.2. The van der Waals surface area contributed by atoms with Gasteiger partial charge in [0.15, 0.2) is 0 Å². The van der Waals surface area contributed by atoms with Crippen molar-refractivity contribution in [1.29, 1.82) is 0 Å². The maximum Gasteiger partial charge on any atom is 0.346 e. The van der Waals surface area contributed by atoms with Crippen LogP contribution in [0.25, 0.3) is 10.8 Å². The third-order valence-corrected chi connectivity index (χ3v) is 6.49. The maximum atomic E-state index is 12.9. The van der Waals surface area contributed by atoms with Gasteiger partial charge >= 0.3 is 11.9 Å². The Morgan fingerprint density at radius 2 is 1.28 bits per heavy atom. The Morgan fingerprint density at radius 1 is 0.656 bits per heavy atom. The highest BCUT2D eigenvalue weighted by atomic mass is 32.2. The molecule has 158 valence electrons. The van der Waals surface area contributed by atoms with Gasteiger partial charge < -0.3 is 10.1 Å². The normalized spacial score (nSPS) is 13.0. The molecule has 0 unspecified atom stereocenters. The van der Waals surface area contributed by atoms with E-state index in [1.54, 1.807) is 30.3 Å². The molecule has 4 aromatic carbocycles. The van der Waals surface area contributed by atoms with E-state index in [0.29, 0.717) is 17.1 Å². The van der Waals surface area contributed by atoms with Gasteiger partial charge in [0.2, 0.25) is 0 Å². The molecule has 0 bridgehead atoms. The molecule has 2 N–H and O–H groups in total. The molecule has 0 saturated heterocycles. The number of sulfonamides is 1. The quantitative estimate of drug-likeness (QED) is 0.342. The van der Waals surface area contributed by atoms with Crippen molar-refractivity contribution in [3.8, 4) is 0 Å². The molecule has 8 heteroatoms. The summed E-state index contributed by atoms with van der Waals surface area (Å²) in [5, 5.41) is 4.91. The minimum Gasteiger partial charge on any atom is -0.386 e. The number of anilines is 3. The highest BCUT2D eigenvalue weighted by Crippen LogP contribution is 2.33. The maximum absolute atomic E-state index is 12.9. The monoisotopic (exact) mass is 444 g/mol. The van der Waals surface area contributed by atoms with Gasteiger partial charge in [0, 0.05) is 5.69 Å². The largest absolute Gasteiger partial charge is 0.386 e. The van der Waals surface area contributed by atoms with Crippen molar-refractivity contribution in [2.75, 3.05) is 10.0 Å². The summed E-state index contributed by atoms with van der Waals surface area (Å²) in [6, 6.07) is 23.8. The molecule has 0 aliphatic carbocycles. The number of hydrogen-bond acceptors (Lipinski definition) is 6. The van der Waals surface area contributed by atoms with E-state index in [1.165, 1.54) is 24.3 Å². The topological polar surface area (TPSA) is 102 Å². The van der Waals surface area contributed by atoms with Gasteiger partial charge in [-0.25, -0.2) is 18.0 Å². The number of hydrogen-bond donors (Lipinski definition) is 2. The van der Waals surface area contributed by atoms with Crippen LogP contribution >= 0.6 is 0 Å². The molecule has 0 fully saturated rings. The molecule has 5 rings (SSSR count). The van der Waals surface area contributed by atoms with Gasteiger partial charge in [-0.1, -0.05) is 42.5 Å². The fourth-order valence-electron chi connectivity index (χ4n) is 3.55. The Morgan fingerprint density at radius 3 is 2.00 bits per heavy atom. The van der Waals surface area contributed by atoms with E-state index in [9.17, 15) is 18.0 Å². The predicted octanol–water partition coefficient (Wildman–Crippen LogP) is 4.69. The van der Waals surface area contributed by atoms with Crippen molar-refractivity contribution in [2.24, 2.45) is 0 Å². The van der Waals surface area contributed by atoms with Crippen LogP contribution in [0.2, 0.25) is 0 Å². The van der Waals surface area contributed by atoms with E-state index < -0.39 is 22.0 Å². The van der Waals surface area contributed by atoms with Crippen LogP contribution in [-0.2, 0) is 14.8 Å². The molecule has 0 radical (unpaired) electrons. The van der Waals surface area contributed by atoms with Crippen molar-refractivity contribution >= 4 is 49.8 Å². The van der Waals surface area contributed by atoms with Crippen molar-refractivity contribution in [3.63, 3.8) is 0 Å². The number of nitrogens with one attached hydrogen (secondary N) is 2. The molecule has 32 heavy (non-hydrogen) atoms. The lowest BCUT2D eigenvalue weighted by molar-refractivity contribution is 0.0443. The minimum atomic E-state index is -3.83. The van der Waals surface area contributed by atoms with Gasteiger partial charge in [-0.2, -0.15) is 0 Å². The number of ether oxygens (including phenoxy) is 1. The number of benzene rings is 4. The third-order valence-electron chi connectivity index (χ3n) is 5.11. The van der Waals surface area contributed by atoms with Crippen LogP contribution in [0, 0.1) is 0 Å². The van der Waals surface area contributed by atoms with Gasteiger partial charge in [0.25, 0.3) is 10.0 Å². The van der Waals surface area contributed by atoms with Crippen LogP contribution in [-0.4, -0.2) is 20.4 Å². The van der Waals surface area contributed by atoms with Crippen LogP contribution < -0.4 is 10.0 Å². The first kappa shape index (κ1) is 19.8. The van der Waals surface area contributed by atoms with E-state index in [4.69, 9.17) is 0 Å². The predicted molar refractivity (Wildman–Crippen MR) is 121 cm³/mol. The van der Waals surface area contributed by atoms with Crippen molar-refractivity contribution in [2.45, 2.75) is 4.90 Å². The molecule has 4 aromatic rings. The molecule has 0 aromatic heterocycles. The lowest BCUT2D eigenvalue weighted by atomic mass is 10.1. The van der Waals surface area contributed by atoms with E-state index >= 15 is 0 Å². The summed E-state index contributed by atoms with van der Waals surface area (Å²) in [5.41, 5.74) is 1.69. The summed E-state index contributed by atoms with van der Waals surface area (Å²) in [5.74, 6) is -1.39. The Kier molecular flexibility index (Phi) is 4.64. The fourth-order valence-corrected chi connectivity index (χ4v) is 4.64. The van der Waals surface area contributed by atoms with Crippen LogP contribution in [0.1, 0.15) is 20.7 Å². The molecule has 0 atom stereocenters. The molecular weight excluding hydrogens is 428 g/mol. The molecule has 0 amide bonds. The fraction of sp³-hybridized carbons (Fsp3) is 0. The van der Waals surface area contributed by atoms with Crippen molar-refractivity contribution in [1.82, 2.24) is 0 Å². The number of esters is 2. The lowest BCUT2D eigenvalue weighted by Gasteiger charge is -2.16. The Hall–Kier alpha value is -4.17. The lowest BCUT2D eigenvalue weighted by Crippen LogP contribution is -2.14. The highest BCUT2D eigenvalue weighted by Gasteiger charge is 2.29. The van der Waals surface area contributed by atoms with Crippen LogP contribution in [0.3, 0.4) is 0 Å². The smallest absolute Gasteiger partial charge is 0.346 e. The molecule has 7 nitrogen and oxygen atoms in total. The van der Waals surface area contributed by atoms with Crippen molar-refractivity contribution < 1.29 is 22.7 Å². The molecule has 1 heterocycles. The van der Waals surface area contributed by atoms with Gasteiger partial charge in [-0.05, 0) is 53.2 Å². The van der Waals surface area contributed by atoms with E-state index in [2.05, 4.69) is 14.8 Å². The summed E-state index contributed by atoms with van der Waals surface area (Å²) in [4.78, 5) is 23.7. The SMILES string of the molecule is O=C1OC(=O)c2cc(Nc3cc4ccccc4cc3NS(=O)(=O)c3ccccc3)ccc21. The Labute approximate surface area is 183 Å². The number of fused-ring (bicyclic) bond motifs is 2. The number of cyclic esters (lactones) is 2. The van der Waals surface area contributed by atoms with Gasteiger partial charge in [0.05, 0.1) is 27.4 Å². The van der Waals surface area contributed by atoms with Crippen LogP contribution in [0.4, 0.5) is 17.1 Å². The highest BCUT2D eigenvalue weighted by molar-refractivity contribution is 7.92. The first-order valence-electron chi connectivity index (χ1n) is 9.69. The van der Waals surface area contributed by atoms with Crippen LogP contribution in [0.15, 0.2) is 89.8 Å². The molecule has 1 aliphatic rings. The second-order valence-corrected chi connectivity index (χ2v) is 8.91. The van der Waals surface area contributed by atoms with E-state index in [1.807, 2.05) is 30.3 Å². The zero-order chi connectivity index (χ0) is 22.3. The minimum absolute atomic E-state index is 0.137. The molecular formula is C24H16N2O5S. The summed E-state index contributed by atoms with van der Waals surface area (Å²) < 4.78 is 33.2. The molecule has 1 aliphatic heterocycles. The average molecular weight is 444 g/mol. The van der Waals surface area contributed by atoms with E-state index in [0.717, 1.165) is 10.8 Å². The number of carbonyl (C=O) groups excluding carboxylic acids is 2. The van der Waals surface area contributed by atoms with Crippen LogP contribution in [0.5, 0.6) is 0 Å². The summed E-state index contributed by atoms with van der Waals surface area (Å²) in [7, 11) is -3.83. The zero-order valence-corrected chi connectivity index (χ0v) is 17.3. The Bertz CT molecular complexity index is 1500.